The number of aromatic nitrogens is 1. The minimum Gasteiger partial charge on any atom is -0.489 e. The van der Waals surface area contributed by atoms with Gasteiger partial charge in [0, 0.05) is 11.9 Å². The smallest absolute Gasteiger partial charge is 0.352 e. The molecule has 0 radical (unpaired) electrons. The molecule has 2 aromatic rings. The zero-order chi connectivity index (χ0) is 13.8. The molecule has 0 aliphatic rings. The number of fused-ring (bicyclic) bond motifs is 1. The zero-order valence-electron chi connectivity index (χ0n) is 10.5. The normalized spacial score (nSPS) is 10.3. The quantitative estimate of drug-likeness (QED) is 0.809. The molecular weight excluding hydrogens is 242 g/mol. The summed E-state index contributed by atoms with van der Waals surface area (Å²) < 4.78 is 7.24. The van der Waals surface area contributed by atoms with Crippen LogP contribution in [-0.2, 0) is 6.54 Å². The van der Waals surface area contributed by atoms with Gasteiger partial charge in [-0.15, -0.1) is 6.58 Å². The van der Waals surface area contributed by atoms with Gasteiger partial charge in [-0.2, -0.15) is 0 Å². The summed E-state index contributed by atoms with van der Waals surface area (Å²) in [4.78, 5) is 11.3. The topological polar surface area (TPSA) is 51.5 Å². The maximum Gasteiger partial charge on any atom is 0.352 e. The van der Waals surface area contributed by atoms with Crippen molar-refractivity contribution in [2.75, 3.05) is 6.61 Å². The molecule has 0 aliphatic carbocycles. The van der Waals surface area contributed by atoms with Gasteiger partial charge in [-0.25, -0.2) is 4.79 Å². The average molecular weight is 257 g/mol. The number of carboxylic acids is 1. The summed E-state index contributed by atoms with van der Waals surface area (Å²) in [5.41, 5.74) is 1.04. The van der Waals surface area contributed by atoms with Crippen molar-refractivity contribution in [2.24, 2.45) is 0 Å². The van der Waals surface area contributed by atoms with Crippen LogP contribution in [0.4, 0.5) is 0 Å². The van der Waals surface area contributed by atoms with E-state index >= 15 is 0 Å². The van der Waals surface area contributed by atoms with Crippen LogP contribution in [0.3, 0.4) is 0 Å². The van der Waals surface area contributed by atoms with Gasteiger partial charge in [-0.1, -0.05) is 24.8 Å². The van der Waals surface area contributed by atoms with E-state index < -0.39 is 5.97 Å². The van der Waals surface area contributed by atoms with Crippen LogP contribution in [0, 0.1) is 0 Å². The molecule has 0 amide bonds. The van der Waals surface area contributed by atoms with E-state index in [9.17, 15) is 9.90 Å². The number of aromatic carboxylic acids is 1. The number of benzene rings is 1. The van der Waals surface area contributed by atoms with Crippen LogP contribution in [-0.4, -0.2) is 22.2 Å². The fourth-order valence-electron chi connectivity index (χ4n) is 2.03. The molecule has 0 saturated carbocycles. The fourth-order valence-corrected chi connectivity index (χ4v) is 2.03. The largest absolute Gasteiger partial charge is 0.489 e. The van der Waals surface area contributed by atoms with E-state index in [1.807, 2.05) is 18.2 Å². The lowest BCUT2D eigenvalue weighted by Gasteiger charge is -2.07. The molecule has 4 heteroatoms. The Morgan fingerprint density at radius 1 is 1.37 bits per heavy atom. The Bertz CT molecular complexity index is 640. The molecule has 4 nitrogen and oxygen atoms in total. The first-order valence-corrected chi connectivity index (χ1v) is 5.89. The molecule has 1 aromatic carbocycles. The Morgan fingerprint density at radius 3 is 2.79 bits per heavy atom. The number of hydrogen-bond acceptors (Lipinski definition) is 2. The summed E-state index contributed by atoms with van der Waals surface area (Å²) in [6, 6.07) is 7.15. The van der Waals surface area contributed by atoms with Gasteiger partial charge >= 0.3 is 5.97 Å². The first kappa shape index (κ1) is 13.0. The SMILES string of the molecule is C=CCOc1cccc2c1cc(C(=O)O)n2CC=C. The Hall–Kier alpha value is -2.49. The molecule has 19 heavy (non-hydrogen) atoms. The molecule has 0 saturated heterocycles. The maximum absolute atomic E-state index is 11.3. The Balaban J connectivity index is 2.63. The standard InChI is InChI=1S/C15H15NO3/c1-3-8-16-12-6-5-7-14(19-9-4-2)11(12)10-13(16)15(17)18/h3-7,10H,1-2,8-9H2,(H,17,18). The van der Waals surface area contributed by atoms with Gasteiger partial charge in [-0.3, -0.25) is 0 Å². The highest BCUT2D eigenvalue weighted by Gasteiger charge is 2.16. The lowest BCUT2D eigenvalue weighted by Crippen LogP contribution is -2.06. The molecule has 1 aromatic heterocycles. The molecular formula is C15H15NO3. The number of carboxylic acid groups (broad SMARTS) is 1. The van der Waals surface area contributed by atoms with Gasteiger partial charge in [0.25, 0.3) is 0 Å². The number of carbonyl (C=O) groups is 1. The van der Waals surface area contributed by atoms with Gasteiger partial charge in [0.15, 0.2) is 0 Å². The first-order chi connectivity index (χ1) is 9.19. The van der Waals surface area contributed by atoms with Crippen molar-refractivity contribution in [1.82, 2.24) is 4.57 Å². The van der Waals surface area contributed by atoms with Crippen molar-refractivity contribution in [2.45, 2.75) is 6.54 Å². The number of nitrogens with zero attached hydrogens (tertiary/aromatic N) is 1. The van der Waals surface area contributed by atoms with Crippen LogP contribution in [0.25, 0.3) is 10.9 Å². The predicted octanol–water partition coefficient (Wildman–Crippen LogP) is 3.09. The minimum atomic E-state index is -0.965. The van der Waals surface area contributed by atoms with Crippen molar-refractivity contribution < 1.29 is 14.6 Å². The van der Waals surface area contributed by atoms with Crippen molar-refractivity contribution in [3.05, 3.63) is 55.3 Å². The van der Waals surface area contributed by atoms with Crippen LogP contribution in [0.1, 0.15) is 10.5 Å². The van der Waals surface area contributed by atoms with Gasteiger partial charge in [0.2, 0.25) is 0 Å². The summed E-state index contributed by atoms with van der Waals surface area (Å²) >= 11 is 0. The number of hydrogen-bond donors (Lipinski definition) is 1. The summed E-state index contributed by atoms with van der Waals surface area (Å²) in [7, 11) is 0. The molecule has 0 fully saturated rings. The van der Waals surface area contributed by atoms with E-state index in [1.165, 1.54) is 0 Å². The Labute approximate surface area is 111 Å². The summed E-state index contributed by atoms with van der Waals surface area (Å²) in [6.45, 7) is 8.08. The third kappa shape index (κ3) is 2.38. The summed E-state index contributed by atoms with van der Waals surface area (Å²) in [5, 5.41) is 10.0. The second kappa shape index (κ2) is 5.44. The van der Waals surface area contributed by atoms with Crippen molar-refractivity contribution >= 4 is 16.9 Å². The van der Waals surface area contributed by atoms with Crippen LogP contribution in [0.15, 0.2) is 49.6 Å². The van der Waals surface area contributed by atoms with Crippen LogP contribution < -0.4 is 4.74 Å². The van der Waals surface area contributed by atoms with E-state index in [1.54, 1.807) is 22.8 Å². The highest BCUT2D eigenvalue weighted by atomic mass is 16.5. The molecule has 1 heterocycles. The van der Waals surface area contributed by atoms with Crippen molar-refractivity contribution in [3.63, 3.8) is 0 Å². The number of rotatable bonds is 6. The zero-order valence-corrected chi connectivity index (χ0v) is 10.5. The number of ether oxygens (including phenoxy) is 1. The predicted molar refractivity (Wildman–Crippen MR) is 74.8 cm³/mol. The van der Waals surface area contributed by atoms with E-state index in [2.05, 4.69) is 13.2 Å². The van der Waals surface area contributed by atoms with Gasteiger partial charge in [-0.05, 0) is 18.2 Å². The third-order valence-corrected chi connectivity index (χ3v) is 2.79. The molecule has 0 bridgehead atoms. The second-order valence-corrected chi connectivity index (χ2v) is 4.02. The van der Waals surface area contributed by atoms with Gasteiger partial charge in [0.1, 0.15) is 18.1 Å². The average Bonchev–Trinajstić information content (AvgIpc) is 2.77. The molecule has 0 aliphatic heterocycles. The molecule has 2 rings (SSSR count). The van der Waals surface area contributed by atoms with Crippen LogP contribution in [0.5, 0.6) is 5.75 Å². The Kier molecular flexibility index (Phi) is 3.71. The summed E-state index contributed by atoms with van der Waals surface area (Å²) in [6.07, 6.45) is 3.32. The molecule has 0 spiro atoms. The highest BCUT2D eigenvalue weighted by Crippen LogP contribution is 2.29. The summed E-state index contributed by atoms with van der Waals surface area (Å²) in [5.74, 6) is -0.310. The van der Waals surface area contributed by atoms with Crippen LogP contribution in [0.2, 0.25) is 0 Å². The van der Waals surface area contributed by atoms with Crippen molar-refractivity contribution in [1.29, 1.82) is 0 Å². The van der Waals surface area contributed by atoms with Crippen LogP contribution >= 0.6 is 0 Å². The lowest BCUT2D eigenvalue weighted by molar-refractivity contribution is 0.0686. The third-order valence-electron chi connectivity index (χ3n) is 2.79. The van der Waals surface area contributed by atoms with E-state index in [0.717, 1.165) is 10.9 Å². The van der Waals surface area contributed by atoms with E-state index in [0.29, 0.717) is 18.9 Å². The van der Waals surface area contributed by atoms with Gasteiger partial charge < -0.3 is 14.4 Å². The van der Waals surface area contributed by atoms with Crippen molar-refractivity contribution in [3.8, 4) is 5.75 Å². The first-order valence-electron chi connectivity index (χ1n) is 5.89. The van der Waals surface area contributed by atoms with E-state index in [4.69, 9.17) is 4.74 Å². The number of allylic oxidation sites excluding steroid dienone is 1. The monoisotopic (exact) mass is 257 g/mol. The van der Waals surface area contributed by atoms with E-state index in [-0.39, 0.29) is 5.69 Å². The maximum atomic E-state index is 11.3. The van der Waals surface area contributed by atoms with Gasteiger partial charge in [0.05, 0.1) is 5.52 Å². The highest BCUT2D eigenvalue weighted by molar-refractivity contribution is 5.97. The molecule has 0 atom stereocenters. The second-order valence-electron chi connectivity index (χ2n) is 4.02. The molecule has 1 N–H and O–H groups in total. The Morgan fingerprint density at radius 2 is 2.16 bits per heavy atom. The lowest BCUT2D eigenvalue weighted by atomic mass is 10.2. The minimum absolute atomic E-state index is 0.226. The molecule has 98 valence electrons. The fraction of sp³-hybridized carbons (Fsp3) is 0.133. The molecule has 0 unspecified atom stereocenters.